The monoisotopic (exact) mass is 497 g/mol. The summed E-state index contributed by atoms with van der Waals surface area (Å²) < 4.78 is 14.4. The maximum atomic E-state index is 13.4. The van der Waals surface area contributed by atoms with Crippen molar-refractivity contribution in [2.24, 2.45) is 0 Å². The second kappa shape index (κ2) is 10.0. The molecule has 0 atom stereocenters. The minimum Gasteiger partial charge on any atom is -0.481 e. The van der Waals surface area contributed by atoms with Crippen LogP contribution in [0, 0.1) is 13.8 Å². The van der Waals surface area contributed by atoms with Crippen LogP contribution in [0.4, 0.5) is 16.4 Å². The largest absolute Gasteiger partial charge is 0.481 e. The first-order chi connectivity index (χ1) is 18.0. The standard InChI is InChI=1S/C27H27N7O3/c1-5-37-26-18(3)24(34(32-26)20-11-7-6-8-12-20)30-27(35)31-25-22(19-13-14-21(36-4)28-16-19)29-23-17(2)10-9-15-33(23)25/h6-16H,5H2,1-4H3,(H2,30,31,35). The average molecular weight is 498 g/mol. The molecule has 0 saturated heterocycles. The number of ether oxygens (including phenoxy) is 2. The van der Waals surface area contributed by atoms with Gasteiger partial charge in [-0.05, 0) is 50.6 Å². The number of nitrogens with one attached hydrogen (secondary N) is 2. The summed E-state index contributed by atoms with van der Waals surface area (Å²) in [5, 5.41) is 10.5. The Kier molecular flexibility index (Phi) is 6.46. The van der Waals surface area contributed by atoms with Crippen LogP contribution in [0.5, 0.6) is 11.8 Å². The van der Waals surface area contributed by atoms with Crippen molar-refractivity contribution < 1.29 is 14.3 Å². The number of methoxy groups -OCH3 is 1. The fraction of sp³-hybridized carbons (Fsp3) is 0.185. The third-order valence-corrected chi connectivity index (χ3v) is 5.89. The number of benzene rings is 1. The molecule has 0 aliphatic heterocycles. The lowest BCUT2D eigenvalue weighted by molar-refractivity contribution is 0.262. The SMILES string of the molecule is CCOc1nn(-c2ccccc2)c(NC(=O)Nc2c(-c3ccc(OC)nc3)nc3c(C)cccn23)c1C. The van der Waals surface area contributed by atoms with Crippen LogP contribution in [0.2, 0.25) is 0 Å². The molecule has 5 aromatic rings. The number of aromatic nitrogens is 5. The normalized spacial score (nSPS) is 10.9. The van der Waals surface area contributed by atoms with Crippen molar-refractivity contribution in [1.29, 1.82) is 0 Å². The molecule has 4 heterocycles. The summed E-state index contributed by atoms with van der Waals surface area (Å²) in [4.78, 5) is 22.5. The first-order valence-corrected chi connectivity index (χ1v) is 11.8. The number of rotatable bonds is 7. The van der Waals surface area contributed by atoms with Crippen molar-refractivity contribution in [1.82, 2.24) is 24.1 Å². The molecule has 0 saturated carbocycles. The van der Waals surface area contributed by atoms with Gasteiger partial charge in [0, 0.05) is 24.0 Å². The molecule has 2 N–H and O–H groups in total. The summed E-state index contributed by atoms with van der Waals surface area (Å²) in [6.45, 7) is 6.18. The van der Waals surface area contributed by atoms with Gasteiger partial charge in [0.2, 0.25) is 11.8 Å². The summed E-state index contributed by atoms with van der Waals surface area (Å²) in [6.07, 6.45) is 3.53. The zero-order chi connectivity index (χ0) is 25.9. The van der Waals surface area contributed by atoms with Gasteiger partial charge in [0.25, 0.3) is 0 Å². The van der Waals surface area contributed by atoms with Crippen LogP contribution in [0.3, 0.4) is 0 Å². The molecular formula is C27H27N7O3. The number of carbonyl (C=O) groups is 1. The molecule has 1 aromatic carbocycles. The summed E-state index contributed by atoms with van der Waals surface area (Å²) in [6, 6.07) is 16.6. The van der Waals surface area contributed by atoms with Crippen molar-refractivity contribution in [2.45, 2.75) is 20.8 Å². The van der Waals surface area contributed by atoms with Crippen LogP contribution in [0.1, 0.15) is 18.1 Å². The van der Waals surface area contributed by atoms with E-state index in [4.69, 9.17) is 14.5 Å². The molecule has 10 nitrogen and oxygen atoms in total. The molecule has 37 heavy (non-hydrogen) atoms. The second-order valence-corrected chi connectivity index (χ2v) is 8.32. The van der Waals surface area contributed by atoms with E-state index in [2.05, 4.69) is 20.7 Å². The number of hydrogen-bond donors (Lipinski definition) is 2. The maximum Gasteiger partial charge on any atom is 0.326 e. The molecule has 0 fully saturated rings. The van der Waals surface area contributed by atoms with Gasteiger partial charge in [-0.3, -0.25) is 15.0 Å². The van der Waals surface area contributed by atoms with E-state index >= 15 is 0 Å². The van der Waals surface area contributed by atoms with E-state index in [0.717, 1.165) is 28.0 Å². The predicted octanol–water partition coefficient (Wildman–Crippen LogP) is 5.25. The number of carbonyl (C=O) groups excluding carboxylic acids is 1. The highest BCUT2D eigenvalue weighted by Gasteiger charge is 2.22. The van der Waals surface area contributed by atoms with Gasteiger partial charge < -0.3 is 9.47 Å². The zero-order valence-corrected chi connectivity index (χ0v) is 21.0. The number of aryl methyl sites for hydroxylation is 1. The fourth-order valence-electron chi connectivity index (χ4n) is 4.06. The van der Waals surface area contributed by atoms with Gasteiger partial charge in [0.1, 0.15) is 23.0 Å². The quantitative estimate of drug-likeness (QED) is 0.318. The number of nitrogens with zero attached hydrogens (tertiary/aromatic N) is 5. The molecule has 2 amide bonds. The number of amides is 2. The van der Waals surface area contributed by atoms with E-state index in [-0.39, 0.29) is 0 Å². The Hall–Kier alpha value is -4.86. The van der Waals surface area contributed by atoms with Gasteiger partial charge >= 0.3 is 6.03 Å². The lowest BCUT2D eigenvalue weighted by atomic mass is 10.2. The van der Waals surface area contributed by atoms with Crippen LogP contribution < -0.4 is 20.1 Å². The van der Waals surface area contributed by atoms with Gasteiger partial charge in [0.15, 0.2) is 0 Å². The molecule has 0 aliphatic carbocycles. The Morgan fingerprint density at radius 1 is 1.00 bits per heavy atom. The summed E-state index contributed by atoms with van der Waals surface area (Å²) >= 11 is 0. The Morgan fingerprint density at radius 2 is 1.78 bits per heavy atom. The number of hydrogen-bond acceptors (Lipinski definition) is 6. The Morgan fingerprint density at radius 3 is 2.49 bits per heavy atom. The topological polar surface area (TPSA) is 108 Å². The number of pyridine rings is 2. The molecule has 10 heteroatoms. The molecule has 0 spiro atoms. The van der Waals surface area contributed by atoms with Crippen molar-refractivity contribution in [3.8, 4) is 28.7 Å². The van der Waals surface area contributed by atoms with Gasteiger partial charge in [-0.2, -0.15) is 0 Å². The van der Waals surface area contributed by atoms with Crippen molar-refractivity contribution in [3.63, 3.8) is 0 Å². The van der Waals surface area contributed by atoms with E-state index in [1.165, 1.54) is 0 Å². The highest BCUT2D eigenvalue weighted by Crippen LogP contribution is 2.32. The molecular weight excluding hydrogens is 470 g/mol. The molecule has 0 radical (unpaired) electrons. The van der Waals surface area contributed by atoms with Crippen molar-refractivity contribution in [2.75, 3.05) is 24.4 Å². The molecule has 0 bridgehead atoms. The predicted molar refractivity (Wildman–Crippen MR) is 142 cm³/mol. The lowest BCUT2D eigenvalue weighted by Gasteiger charge is -2.12. The zero-order valence-electron chi connectivity index (χ0n) is 21.0. The third kappa shape index (κ3) is 4.56. The van der Waals surface area contributed by atoms with Gasteiger partial charge in [-0.1, -0.05) is 24.3 Å². The highest BCUT2D eigenvalue weighted by molar-refractivity contribution is 6.02. The Bertz CT molecular complexity index is 1560. The van der Waals surface area contributed by atoms with Crippen molar-refractivity contribution >= 4 is 23.3 Å². The van der Waals surface area contributed by atoms with Crippen LogP contribution in [0.25, 0.3) is 22.6 Å². The van der Waals surface area contributed by atoms with Gasteiger partial charge in [-0.25, -0.2) is 19.4 Å². The molecule has 0 unspecified atom stereocenters. The van der Waals surface area contributed by atoms with Crippen molar-refractivity contribution in [3.05, 3.63) is 78.1 Å². The fourth-order valence-corrected chi connectivity index (χ4v) is 4.06. The number of fused-ring (bicyclic) bond motifs is 1. The lowest BCUT2D eigenvalue weighted by Crippen LogP contribution is -2.23. The minimum atomic E-state index is -0.450. The van der Waals surface area contributed by atoms with Crippen LogP contribution in [0.15, 0.2) is 67.0 Å². The molecule has 0 aliphatic rings. The van der Waals surface area contributed by atoms with E-state index < -0.39 is 6.03 Å². The number of urea groups is 1. The maximum absolute atomic E-state index is 13.4. The van der Waals surface area contributed by atoms with E-state index in [9.17, 15) is 4.79 Å². The summed E-state index contributed by atoms with van der Waals surface area (Å²) in [7, 11) is 1.56. The van der Waals surface area contributed by atoms with Crippen LogP contribution in [-0.2, 0) is 0 Å². The van der Waals surface area contributed by atoms with Crippen LogP contribution in [-0.4, -0.2) is 43.9 Å². The van der Waals surface area contributed by atoms with Gasteiger partial charge in [-0.15, -0.1) is 5.10 Å². The van der Waals surface area contributed by atoms with E-state index in [0.29, 0.717) is 35.7 Å². The smallest absolute Gasteiger partial charge is 0.326 e. The Balaban J connectivity index is 1.53. The number of para-hydroxylation sites is 1. The van der Waals surface area contributed by atoms with E-state index in [1.807, 2.05) is 79.9 Å². The third-order valence-electron chi connectivity index (χ3n) is 5.89. The molecule has 4 aromatic heterocycles. The minimum absolute atomic E-state index is 0.450. The molecule has 5 rings (SSSR count). The summed E-state index contributed by atoms with van der Waals surface area (Å²) in [5.74, 6) is 1.96. The van der Waals surface area contributed by atoms with E-state index in [1.54, 1.807) is 24.1 Å². The number of imidazole rings is 1. The second-order valence-electron chi connectivity index (χ2n) is 8.32. The van der Waals surface area contributed by atoms with Gasteiger partial charge in [0.05, 0.1) is 25.0 Å². The van der Waals surface area contributed by atoms with Crippen LogP contribution >= 0.6 is 0 Å². The average Bonchev–Trinajstić information content (AvgIpc) is 3.43. The highest BCUT2D eigenvalue weighted by atomic mass is 16.5. The first-order valence-electron chi connectivity index (χ1n) is 11.8. The number of anilines is 2. The molecule has 188 valence electrons. The summed E-state index contributed by atoms with van der Waals surface area (Å²) in [5.41, 5.74) is 4.54. The first kappa shape index (κ1) is 23.9. The Labute approximate surface area is 213 Å².